The van der Waals surface area contributed by atoms with Gasteiger partial charge in [-0.2, -0.15) is 5.10 Å². The molecule has 1 fully saturated rings. The number of esters is 1. The van der Waals surface area contributed by atoms with Crippen LogP contribution in [0.3, 0.4) is 0 Å². The quantitative estimate of drug-likeness (QED) is 0.758. The van der Waals surface area contributed by atoms with Gasteiger partial charge in [-0.05, 0) is 26.7 Å². The molecule has 1 aliphatic rings. The zero-order chi connectivity index (χ0) is 12.3. The van der Waals surface area contributed by atoms with Crippen LogP contribution in [0.15, 0.2) is 12.4 Å². The van der Waals surface area contributed by atoms with Crippen molar-refractivity contribution >= 4 is 5.97 Å². The highest BCUT2D eigenvalue weighted by Gasteiger charge is 2.29. The molecule has 1 heterocycles. The Balaban J connectivity index is 2.14. The molecule has 0 bridgehead atoms. The van der Waals surface area contributed by atoms with Crippen LogP contribution in [0.1, 0.15) is 56.3 Å². The number of carbonyl (C=O) groups excluding carboxylic acids is 1. The van der Waals surface area contributed by atoms with Crippen LogP contribution in [0.2, 0.25) is 0 Å². The summed E-state index contributed by atoms with van der Waals surface area (Å²) in [7, 11) is 0. The fraction of sp³-hybridized carbons (Fsp3) is 0.692. The average Bonchev–Trinajstić information content (AvgIpc) is 2.80. The predicted octanol–water partition coefficient (Wildman–Crippen LogP) is 2.74. The molecule has 0 spiro atoms. The maximum absolute atomic E-state index is 11.6. The van der Waals surface area contributed by atoms with E-state index in [2.05, 4.69) is 12.0 Å². The number of nitrogens with zero attached hydrogens (tertiary/aromatic N) is 2. The number of hydrogen-bond donors (Lipinski definition) is 0. The van der Waals surface area contributed by atoms with Gasteiger partial charge in [-0.25, -0.2) is 4.79 Å². The summed E-state index contributed by atoms with van der Waals surface area (Å²) in [6.45, 7) is 4.43. The molecule has 1 aliphatic carbocycles. The van der Waals surface area contributed by atoms with Gasteiger partial charge in [-0.3, -0.25) is 4.68 Å². The van der Waals surface area contributed by atoms with Gasteiger partial charge in [0.1, 0.15) is 0 Å². The van der Waals surface area contributed by atoms with Gasteiger partial charge in [0.15, 0.2) is 0 Å². The van der Waals surface area contributed by atoms with Gasteiger partial charge in [-0.1, -0.05) is 19.3 Å². The summed E-state index contributed by atoms with van der Waals surface area (Å²) >= 11 is 0. The van der Waals surface area contributed by atoms with Gasteiger partial charge in [-0.15, -0.1) is 0 Å². The second kappa shape index (κ2) is 4.90. The Morgan fingerprint density at radius 2 is 2.18 bits per heavy atom. The van der Waals surface area contributed by atoms with Gasteiger partial charge in [0, 0.05) is 6.20 Å². The number of hydrogen-bond acceptors (Lipinski definition) is 3. The summed E-state index contributed by atoms with van der Waals surface area (Å²) in [6.07, 6.45) is 9.49. The summed E-state index contributed by atoms with van der Waals surface area (Å²) in [4.78, 5) is 11.6. The van der Waals surface area contributed by atoms with E-state index in [0.717, 1.165) is 12.8 Å². The van der Waals surface area contributed by atoms with Crippen LogP contribution in [0.5, 0.6) is 0 Å². The molecule has 1 aromatic heterocycles. The molecule has 0 N–H and O–H groups in total. The van der Waals surface area contributed by atoms with E-state index in [1.165, 1.54) is 19.3 Å². The fourth-order valence-corrected chi connectivity index (χ4v) is 2.48. The molecule has 0 amide bonds. The van der Waals surface area contributed by atoms with Crippen molar-refractivity contribution in [3.05, 3.63) is 18.0 Å². The third-order valence-corrected chi connectivity index (χ3v) is 3.58. The van der Waals surface area contributed by atoms with Gasteiger partial charge in [0.25, 0.3) is 0 Å². The zero-order valence-electron chi connectivity index (χ0n) is 10.6. The second-order valence-corrected chi connectivity index (χ2v) is 4.95. The van der Waals surface area contributed by atoms with E-state index in [4.69, 9.17) is 4.74 Å². The van der Waals surface area contributed by atoms with Gasteiger partial charge < -0.3 is 4.74 Å². The molecule has 2 rings (SSSR count). The van der Waals surface area contributed by atoms with E-state index in [0.29, 0.717) is 12.2 Å². The van der Waals surface area contributed by atoms with Crippen LogP contribution in [0.25, 0.3) is 0 Å². The normalized spacial score (nSPS) is 18.9. The van der Waals surface area contributed by atoms with Gasteiger partial charge >= 0.3 is 5.97 Å². The number of carbonyl (C=O) groups is 1. The SMILES string of the molecule is CCOC(=O)c1cnn(C2(C)CCCCC2)c1. The average molecular weight is 236 g/mol. The Bertz CT molecular complexity index is 392. The summed E-state index contributed by atoms with van der Waals surface area (Å²) in [5.74, 6) is -0.279. The Morgan fingerprint density at radius 3 is 2.82 bits per heavy atom. The number of rotatable bonds is 3. The van der Waals surface area contributed by atoms with Crippen LogP contribution in [-0.2, 0) is 10.3 Å². The fourth-order valence-electron chi connectivity index (χ4n) is 2.48. The van der Waals surface area contributed by atoms with E-state index in [1.807, 2.05) is 17.8 Å². The molecule has 0 aliphatic heterocycles. The molecule has 1 aromatic rings. The largest absolute Gasteiger partial charge is 0.462 e. The van der Waals surface area contributed by atoms with Crippen molar-refractivity contribution in [2.75, 3.05) is 6.61 Å². The van der Waals surface area contributed by atoms with Gasteiger partial charge in [0.05, 0.1) is 23.9 Å². The molecule has 0 unspecified atom stereocenters. The third-order valence-electron chi connectivity index (χ3n) is 3.58. The first-order chi connectivity index (χ1) is 8.15. The highest BCUT2D eigenvalue weighted by atomic mass is 16.5. The van der Waals surface area contributed by atoms with Crippen molar-refractivity contribution in [1.29, 1.82) is 0 Å². The highest BCUT2D eigenvalue weighted by Crippen LogP contribution is 2.33. The minimum atomic E-state index is -0.279. The lowest BCUT2D eigenvalue weighted by Gasteiger charge is -2.33. The maximum Gasteiger partial charge on any atom is 0.341 e. The third kappa shape index (κ3) is 2.51. The Labute approximate surface area is 102 Å². The first-order valence-electron chi connectivity index (χ1n) is 6.38. The van der Waals surface area contributed by atoms with Crippen LogP contribution in [0, 0.1) is 0 Å². The minimum absolute atomic E-state index is 0.0724. The van der Waals surface area contributed by atoms with E-state index in [-0.39, 0.29) is 11.5 Å². The smallest absolute Gasteiger partial charge is 0.341 e. The minimum Gasteiger partial charge on any atom is -0.462 e. The maximum atomic E-state index is 11.6. The summed E-state index contributed by atoms with van der Waals surface area (Å²) in [5.41, 5.74) is 0.627. The number of ether oxygens (including phenoxy) is 1. The molecule has 4 heteroatoms. The molecule has 0 atom stereocenters. The van der Waals surface area contributed by atoms with E-state index >= 15 is 0 Å². The van der Waals surface area contributed by atoms with E-state index in [1.54, 1.807) is 6.20 Å². The molecule has 1 saturated carbocycles. The lowest BCUT2D eigenvalue weighted by atomic mass is 9.83. The summed E-state index contributed by atoms with van der Waals surface area (Å²) < 4.78 is 6.91. The molecule has 94 valence electrons. The Kier molecular flexibility index (Phi) is 3.50. The molecule has 0 saturated heterocycles. The monoisotopic (exact) mass is 236 g/mol. The number of aromatic nitrogens is 2. The first-order valence-corrected chi connectivity index (χ1v) is 6.38. The van der Waals surface area contributed by atoms with Crippen LogP contribution in [0.4, 0.5) is 0 Å². The van der Waals surface area contributed by atoms with Crippen molar-refractivity contribution in [3.8, 4) is 0 Å². The van der Waals surface area contributed by atoms with Crippen LogP contribution >= 0.6 is 0 Å². The predicted molar refractivity (Wildman–Crippen MR) is 64.9 cm³/mol. The molecule has 0 aromatic carbocycles. The topological polar surface area (TPSA) is 44.1 Å². The highest BCUT2D eigenvalue weighted by molar-refractivity contribution is 5.88. The van der Waals surface area contributed by atoms with Crippen molar-refractivity contribution in [1.82, 2.24) is 9.78 Å². The second-order valence-electron chi connectivity index (χ2n) is 4.95. The molecular weight excluding hydrogens is 216 g/mol. The van der Waals surface area contributed by atoms with Crippen molar-refractivity contribution in [2.45, 2.75) is 51.5 Å². The molecule has 17 heavy (non-hydrogen) atoms. The van der Waals surface area contributed by atoms with E-state index < -0.39 is 0 Å². The Hall–Kier alpha value is -1.32. The van der Waals surface area contributed by atoms with Crippen molar-refractivity contribution in [3.63, 3.8) is 0 Å². The van der Waals surface area contributed by atoms with Crippen LogP contribution < -0.4 is 0 Å². The first kappa shape index (κ1) is 12.1. The molecule has 4 nitrogen and oxygen atoms in total. The lowest BCUT2D eigenvalue weighted by molar-refractivity contribution is 0.0526. The molecular formula is C13H20N2O2. The lowest BCUT2D eigenvalue weighted by Crippen LogP contribution is -2.32. The zero-order valence-corrected chi connectivity index (χ0v) is 10.6. The van der Waals surface area contributed by atoms with Crippen molar-refractivity contribution in [2.24, 2.45) is 0 Å². The van der Waals surface area contributed by atoms with Crippen molar-refractivity contribution < 1.29 is 9.53 Å². The Morgan fingerprint density at radius 1 is 1.47 bits per heavy atom. The molecule has 0 radical (unpaired) electrons. The standard InChI is InChI=1S/C13H20N2O2/c1-3-17-12(16)11-9-14-15(10-11)13(2)7-5-4-6-8-13/h9-10H,3-8H2,1-2H3. The summed E-state index contributed by atoms with van der Waals surface area (Å²) in [6, 6.07) is 0. The van der Waals surface area contributed by atoms with Crippen LogP contribution in [-0.4, -0.2) is 22.4 Å². The van der Waals surface area contributed by atoms with E-state index in [9.17, 15) is 4.79 Å². The summed E-state index contributed by atoms with van der Waals surface area (Å²) in [5, 5.41) is 4.33. The van der Waals surface area contributed by atoms with Gasteiger partial charge in [0.2, 0.25) is 0 Å².